The molecule has 0 saturated carbocycles. The molecule has 0 aliphatic carbocycles. The maximum absolute atomic E-state index is 13.5. The second-order valence-electron chi connectivity index (χ2n) is 5.71. The number of amides is 1. The van der Waals surface area contributed by atoms with E-state index in [1.54, 1.807) is 19.1 Å². The van der Waals surface area contributed by atoms with Gasteiger partial charge in [-0.1, -0.05) is 41.7 Å². The molecule has 0 bridgehead atoms. The Morgan fingerprint density at radius 2 is 1.88 bits per heavy atom. The molecule has 0 radical (unpaired) electrons. The first-order valence-electron chi connectivity index (χ1n) is 7.87. The number of halogens is 1. The Labute approximate surface area is 152 Å². The van der Waals surface area contributed by atoms with Crippen molar-refractivity contribution >= 4 is 33.3 Å². The summed E-state index contributed by atoms with van der Waals surface area (Å²) in [6.07, 6.45) is 0. The van der Waals surface area contributed by atoms with Crippen molar-refractivity contribution < 1.29 is 9.18 Å². The van der Waals surface area contributed by atoms with Gasteiger partial charge in [0, 0.05) is 22.7 Å². The lowest BCUT2D eigenvalue weighted by atomic mass is 10.1. The van der Waals surface area contributed by atoms with Gasteiger partial charge in [0.05, 0.1) is 11.1 Å². The molecule has 1 amide bonds. The highest BCUT2D eigenvalue weighted by molar-refractivity contribution is 7.18. The molecule has 2 aromatic heterocycles. The number of benzene rings is 2. The van der Waals surface area contributed by atoms with Gasteiger partial charge in [-0.3, -0.25) is 15.1 Å². The number of nitrogens with zero attached hydrogens (tertiary/aromatic N) is 3. The average Bonchev–Trinajstić information content (AvgIpc) is 3.10. The predicted molar refractivity (Wildman–Crippen MR) is 99.7 cm³/mol. The summed E-state index contributed by atoms with van der Waals surface area (Å²) in [6.45, 7) is 1.76. The van der Waals surface area contributed by atoms with Crippen LogP contribution >= 0.6 is 11.3 Å². The predicted octanol–water partition coefficient (Wildman–Crippen LogP) is 4.45. The Kier molecular flexibility index (Phi) is 4.14. The van der Waals surface area contributed by atoms with Crippen molar-refractivity contribution in [3.8, 4) is 10.6 Å². The van der Waals surface area contributed by atoms with E-state index >= 15 is 0 Å². The van der Waals surface area contributed by atoms with Crippen molar-refractivity contribution in [3.05, 3.63) is 71.7 Å². The number of carbonyl (C=O) groups is 1. The van der Waals surface area contributed by atoms with Crippen molar-refractivity contribution in [2.75, 3.05) is 5.32 Å². The van der Waals surface area contributed by atoms with Gasteiger partial charge in [0.25, 0.3) is 5.91 Å². The fraction of sp³-hybridized carbons (Fsp3) is 0.0526. The summed E-state index contributed by atoms with van der Waals surface area (Å²) in [5.41, 5.74) is 2.43. The second-order valence-corrected chi connectivity index (χ2v) is 6.68. The average molecular weight is 364 g/mol. The van der Waals surface area contributed by atoms with Crippen LogP contribution in [0.15, 0.2) is 54.6 Å². The third kappa shape index (κ3) is 3.16. The van der Waals surface area contributed by atoms with E-state index < -0.39 is 5.82 Å². The number of carbonyl (C=O) groups excluding carboxylic acids is 1. The van der Waals surface area contributed by atoms with E-state index in [1.807, 2.05) is 30.3 Å². The van der Waals surface area contributed by atoms with Crippen LogP contribution in [0, 0.1) is 12.7 Å². The van der Waals surface area contributed by atoms with E-state index in [0.29, 0.717) is 27.3 Å². The van der Waals surface area contributed by atoms with Crippen LogP contribution < -0.4 is 5.32 Å². The number of nitrogens with one attached hydrogen (secondary N) is 1. The van der Waals surface area contributed by atoms with Gasteiger partial charge in [-0.05, 0) is 25.1 Å². The number of hydrogen-bond acceptors (Lipinski definition) is 5. The number of hydrogen-bond donors (Lipinski definition) is 1. The number of rotatable bonds is 3. The molecule has 7 heteroatoms. The summed E-state index contributed by atoms with van der Waals surface area (Å²) in [7, 11) is 0. The number of aromatic nitrogens is 3. The monoisotopic (exact) mass is 364 g/mol. The van der Waals surface area contributed by atoms with Gasteiger partial charge in [0.15, 0.2) is 0 Å². The van der Waals surface area contributed by atoms with Gasteiger partial charge in [-0.15, -0.1) is 10.2 Å². The SMILES string of the molecule is Cc1cc(C(=O)Nc2nnc(-c3ccccc3)s2)c2ccc(F)cc2n1. The van der Waals surface area contributed by atoms with E-state index in [1.165, 1.54) is 23.5 Å². The van der Waals surface area contributed by atoms with Gasteiger partial charge in [-0.25, -0.2) is 4.39 Å². The van der Waals surface area contributed by atoms with E-state index in [0.717, 1.165) is 10.6 Å². The zero-order chi connectivity index (χ0) is 18.1. The molecule has 0 aliphatic heterocycles. The van der Waals surface area contributed by atoms with Crippen molar-refractivity contribution in [1.82, 2.24) is 15.2 Å². The molecule has 26 heavy (non-hydrogen) atoms. The molecule has 0 aliphatic rings. The van der Waals surface area contributed by atoms with Crippen LogP contribution in [-0.2, 0) is 0 Å². The minimum atomic E-state index is -0.390. The number of fused-ring (bicyclic) bond motifs is 1. The molecule has 2 heterocycles. The third-order valence-corrected chi connectivity index (χ3v) is 4.70. The Balaban J connectivity index is 1.65. The Morgan fingerprint density at radius 3 is 2.69 bits per heavy atom. The van der Waals surface area contributed by atoms with E-state index in [-0.39, 0.29) is 5.91 Å². The maximum atomic E-state index is 13.5. The lowest BCUT2D eigenvalue weighted by Gasteiger charge is -2.07. The molecule has 0 atom stereocenters. The number of aryl methyl sites for hydroxylation is 1. The van der Waals surface area contributed by atoms with Crippen LogP contribution in [0.3, 0.4) is 0 Å². The molecule has 0 spiro atoms. The van der Waals surface area contributed by atoms with Gasteiger partial charge < -0.3 is 0 Å². The van der Waals surface area contributed by atoms with Crippen molar-refractivity contribution in [2.24, 2.45) is 0 Å². The summed E-state index contributed by atoms with van der Waals surface area (Å²) >= 11 is 1.29. The molecular formula is C19H13FN4OS. The van der Waals surface area contributed by atoms with Crippen LogP contribution in [-0.4, -0.2) is 21.1 Å². The van der Waals surface area contributed by atoms with Gasteiger partial charge in [0.1, 0.15) is 10.8 Å². The van der Waals surface area contributed by atoms with E-state index in [2.05, 4.69) is 20.5 Å². The summed E-state index contributed by atoms with van der Waals surface area (Å²) in [5, 5.41) is 12.6. The molecule has 2 aromatic carbocycles. The van der Waals surface area contributed by atoms with Crippen molar-refractivity contribution in [1.29, 1.82) is 0 Å². The Bertz CT molecular complexity index is 1110. The molecule has 128 valence electrons. The Hall–Kier alpha value is -3.19. The van der Waals surface area contributed by atoms with Crippen LogP contribution in [0.5, 0.6) is 0 Å². The largest absolute Gasteiger partial charge is 0.296 e. The highest BCUT2D eigenvalue weighted by Crippen LogP contribution is 2.27. The van der Waals surface area contributed by atoms with Gasteiger partial charge in [0.2, 0.25) is 5.13 Å². The number of anilines is 1. The fourth-order valence-corrected chi connectivity index (χ4v) is 3.40. The molecule has 4 rings (SSSR count). The summed E-state index contributed by atoms with van der Waals surface area (Å²) in [5.74, 6) is -0.721. The molecule has 1 N–H and O–H groups in total. The number of pyridine rings is 1. The quantitative estimate of drug-likeness (QED) is 0.583. The van der Waals surface area contributed by atoms with Crippen LogP contribution in [0.2, 0.25) is 0 Å². The van der Waals surface area contributed by atoms with Crippen LogP contribution in [0.1, 0.15) is 16.1 Å². The minimum absolute atomic E-state index is 0.331. The second kappa shape index (κ2) is 6.61. The van der Waals surface area contributed by atoms with Gasteiger partial charge >= 0.3 is 0 Å². The zero-order valence-corrected chi connectivity index (χ0v) is 14.5. The fourth-order valence-electron chi connectivity index (χ4n) is 2.66. The summed E-state index contributed by atoms with van der Waals surface area (Å²) < 4.78 is 13.5. The molecule has 4 aromatic rings. The van der Waals surface area contributed by atoms with E-state index in [4.69, 9.17) is 0 Å². The highest BCUT2D eigenvalue weighted by atomic mass is 32.1. The smallest absolute Gasteiger partial charge is 0.258 e. The van der Waals surface area contributed by atoms with Crippen molar-refractivity contribution in [3.63, 3.8) is 0 Å². The first-order chi connectivity index (χ1) is 12.6. The summed E-state index contributed by atoms with van der Waals surface area (Å²) in [6, 6.07) is 15.5. The van der Waals surface area contributed by atoms with Crippen LogP contribution in [0.25, 0.3) is 21.5 Å². The zero-order valence-electron chi connectivity index (χ0n) is 13.7. The lowest BCUT2D eigenvalue weighted by Crippen LogP contribution is -2.13. The molecule has 0 saturated heterocycles. The maximum Gasteiger partial charge on any atom is 0.258 e. The van der Waals surface area contributed by atoms with Crippen LogP contribution in [0.4, 0.5) is 9.52 Å². The van der Waals surface area contributed by atoms with Gasteiger partial charge in [-0.2, -0.15) is 0 Å². The Morgan fingerprint density at radius 1 is 1.08 bits per heavy atom. The highest BCUT2D eigenvalue weighted by Gasteiger charge is 2.15. The van der Waals surface area contributed by atoms with E-state index in [9.17, 15) is 9.18 Å². The molecule has 0 unspecified atom stereocenters. The lowest BCUT2D eigenvalue weighted by molar-refractivity contribution is 0.102. The summed E-state index contributed by atoms with van der Waals surface area (Å²) in [4.78, 5) is 17.0. The minimum Gasteiger partial charge on any atom is -0.296 e. The molecule has 0 fully saturated rings. The first kappa shape index (κ1) is 16.3. The molecule has 5 nitrogen and oxygen atoms in total. The van der Waals surface area contributed by atoms with Crippen molar-refractivity contribution in [2.45, 2.75) is 6.92 Å². The third-order valence-electron chi connectivity index (χ3n) is 3.81. The normalized spacial score (nSPS) is 10.8. The first-order valence-corrected chi connectivity index (χ1v) is 8.69. The molecular weight excluding hydrogens is 351 g/mol. The standard InChI is InChI=1S/C19H13FN4OS/c1-11-9-15(14-8-7-13(20)10-16(14)21-11)17(25)22-19-24-23-18(26-19)12-5-3-2-4-6-12/h2-10H,1H3,(H,22,24,25). The topological polar surface area (TPSA) is 67.8 Å².